The van der Waals surface area contributed by atoms with E-state index in [2.05, 4.69) is 4.74 Å². The number of hydrogen-bond donors (Lipinski definition) is 2. The summed E-state index contributed by atoms with van der Waals surface area (Å²) in [4.78, 5) is 10.3. The van der Waals surface area contributed by atoms with Crippen molar-refractivity contribution in [3.05, 3.63) is 57.6 Å². The van der Waals surface area contributed by atoms with Gasteiger partial charge >= 0.3 is 6.36 Å². The highest BCUT2D eigenvalue weighted by molar-refractivity contribution is 5.56. The lowest BCUT2D eigenvalue weighted by atomic mass is 9.97. The summed E-state index contributed by atoms with van der Waals surface area (Å²) in [7, 11) is 1.22. The average Bonchev–Trinajstić information content (AvgIpc) is 2.53. The van der Waals surface area contributed by atoms with Gasteiger partial charge in [-0.3, -0.25) is 10.1 Å². The second kappa shape index (κ2) is 6.85. The number of nitrogens with two attached hydrogens (primary N) is 1. The average molecular weight is 358 g/mol. The maximum atomic E-state index is 12.2. The second-order valence-electron chi connectivity index (χ2n) is 4.94. The number of rotatable bonds is 5. The highest BCUT2D eigenvalue weighted by atomic mass is 19.4. The molecule has 0 aliphatic carbocycles. The molecule has 0 aliphatic heterocycles. The zero-order valence-corrected chi connectivity index (χ0v) is 12.8. The molecule has 0 saturated carbocycles. The predicted molar refractivity (Wildman–Crippen MR) is 80.5 cm³/mol. The van der Waals surface area contributed by atoms with Crippen LogP contribution in [-0.4, -0.2) is 23.5 Å². The summed E-state index contributed by atoms with van der Waals surface area (Å²) in [6.07, 6.45) is -4.82. The molecule has 0 fully saturated rings. The molecule has 134 valence electrons. The minimum atomic E-state index is -4.82. The van der Waals surface area contributed by atoms with Crippen molar-refractivity contribution in [2.75, 3.05) is 7.11 Å². The minimum Gasteiger partial charge on any atom is -0.504 e. The molecule has 0 saturated heterocycles. The molecule has 25 heavy (non-hydrogen) atoms. The van der Waals surface area contributed by atoms with Crippen LogP contribution in [0.1, 0.15) is 17.2 Å². The molecule has 0 unspecified atom stereocenters. The maximum absolute atomic E-state index is 12.2. The number of non-ortho nitro benzene ring substituents is 1. The van der Waals surface area contributed by atoms with Gasteiger partial charge in [-0.15, -0.1) is 13.2 Å². The topological polar surface area (TPSA) is 108 Å². The third-order valence-corrected chi connectivity index (χ3v) is 3.33. The number of benzene rings is 2. The Bertz CT molecular complexity index is 778. The Morgan fingerprint density at radius 1 is 1.24 bits per heavy atom. The SMILES string of the molecule is COc1cc([N+](=O)[O-])cc([C@H](N)c2ccc(OC(F)(F)F)cc2)c1O. The van der Waals surface area contributed by atoms with Crippen molar-refractivity contribution in [3.8, 4) is 17.2 Å². The third kappa shape index (κ3) is 4.29. The van der Waals surface area contributed by atoms with E-state index in [1.54, 1.807) is 0 Å². The first kappa shape index (κ1) is 18.3. The molecular weight excluding hydrogens is 345 g/mol. The van der Waals surface area contributed by atoms with Crippen LogP contribution in [0.3, 0.4) is 0 Å². The van der Waals surface area contributed by atoms with Crippen molar-refractivity contribution >= 4 is 5.69 Å². The van der Waals surface area contributed by atoms with Gasteiger partial charge in [0.05, 0.1) is 24.1 Å². The smallest absolute Gasteiger partial charge is 0.504 e. The molecule has 2 aromatic carbocycles. The van der Waals surface area contributed by atoms with Crippen LogP contribution in [-0.2, 0) is 0 Å². The van der Waals surface area contributed by atoms with Gasteiger partial charge in [0.25, 0.3) is 5.69 Å². The molecule has 0 heterocycles. The van der Waals surface area contributed by atoms with Crippen LogP contribution in [0, 0.1) is 10.1 Å². The fraction of sp³-hybridized carbons (Fsp3) is 0.200. The number of nitro groups is 1. The third-order valence-electron chi connectivity index (χ3n) is 3.33. The van der Waals surface area contributed by atoms with Crippen molar-refractivity contribution in [2.24, 2.45) is 5.73 Å². The highest BCUT2D eigenvalue weighted by Crippen LogP contribution is 2.39. The molecule has 2 rings (SSSR count). The number of alkyl halides is 3. The fourth-order valence-corrected chi connectivity index (χ4v) is 2.17. The van der Waals surface area contributed by atoms with Crippen LogP contribution < -0.4 is 15.2 Å². The Kier molecular flexibility index (Phi) is 5.02. The number of ether oxygens (including phenoxy) is 2. The van der Waals surface area contributed by atoms with E-state index in [1.807, 2.05) is 0 Å². The van der Waals surface area contributed by atoms with Crippen LogP contribution in [0.25, 0.3) is 0 Å². The largest absolute Gasteiger partial charge is 0.573 e. The number of phenols is 1. The van der Waals surface area contributed by atoms with Crippen molar-refractivity contribution in [1.29, 1.82) is 0 Å². The first-order valence-electron chi connectivity index (χ1n) is 6.79. The summed E-state index contributed by atoms with van der Waals surface area (Å²) in [5.74, 6) is -0.975. The van der Waals surface area contributed by atoms with Gasteiger partial charge in [-0.25, -0.2) is 0 Å². The summed E-state index contributed by atoms with van der Waals surface area (Å²) in [6, 6.07) is 5.69. The standard InChI is InChI=1S/C15H13F3N2O5/c1-24-12-7-9(20(22)23)6-11(14(12)21)13(19)8-2-4-10(5-3-8)25-15(16,17)18/h2-7,13,21H,19H2,1H3/t13-/m1/s1. The van der Waals surface area contributed by atoms with Crippen molar-refractivity contribution in [1.82, 2.24) is 0 Å². The second-order valence-corrected chi connectivity index (χ2v) is 4.94. The van der Waals surface area contributed by atoms with E-state index in [0.29, 0.717) is 5.56 Å². The van der Waals surface area contributed by atoms with E-state index in [9.17, 15) is 28.4 Å². The fourth-order valence-electron chi connectivity index (χ4n) is 2.17. The summed E-state index contributed by atoms with van der Waals surface area (Å²) < 4.78 is 45.1. The van der Waals surface area contributed by atoms with E-state index >= 15 is 0 Å². The Hall–Kier alpha value is -3.01. The molecule has 7 nitrogen and oxygen atoms in total. The lowest BCUT2D eigenvalue weighted by Gasteiger charge is -2.16. The van der Waals surface area contributed by atoms with Gasteiger partial charge in [-0.05, 0) is 17.7 Å². The Labute approximate surface area is 139 Å². The number of hydrogen-bond acceptors (Lipinski definition) is 6. The molecule has 10 heteroatoms. The number of phenolic OH excluding ortho intramolecular Hbond substituents is 1. The highest BCUT2D eigenvalue weighted by Gasteiger charge is 2.31. The maximum Gasteiger partial charge on any atom is 0.573 e. The van der Waals surface area contributed by atoms with Gasteiger partial charge in [0.1, 0.15) is 5.75 Å². The molecular formula is C15H13F3N2O5. The van der Waals surface area contributed by atoms with Crippen LogP contribution in [0.4, 0.5) is 18.9 Å². The number of halogens is 3. The summed E-state index contributed by atoms with van der Waals surface area (Å²) >= 11 is 0. The quantitative estimate of drug-likeness (QED) is 0.627. The van der Waals surface area contributed by atoms with Crippen LogP contribution >= 0.6 is 0 Å². The lowest BCUT2D eigenvalue weighted by molar-refractivity contribution is -0.385. The van der Waals surface area contributed by atoms with E-state index in [-0.39, 0.29) is 17.0 Å². The van der Waals surface area contributed by atoms with Gasteiger partial charge < -0.3 is 20.3 Å². The molecule has 0 aromatic heterocycles. The van der Waals surface area contributed by atoms with Gasteiger partial charge in [-0.2, -0.15) is 0 Å². The van der Waals surface area contributed by atoms with E-state index in [1.165, 1.54) is 19.2 Å². The van der Waals surface area contributed by atoms with E-state index in [0.717, 1.165) is 24.3 Å². The molecule has 0 amide bonds. The zero-order valence-electron chi connectivity index (χ0n) is 12.8. The molecule has 0 aliphatic rings. The summed E-state index contributed by atoms with van der Waals surface area (Å²) in [5.41, 5.74) is 5.94. The van der Waals surface area contributed by atoms with Gasteiger partial charge in [-0.1, -0.05) is 12.1 Å². The molecule has 0 radical (unpaired) electrons. The number of aromatic hydroxyl groups is 1. The minimum absolute atomic E-state index is 0.00413. The van der Waals surface area contributed by atoms with Crippen molar-refractivity contribution in [2.45, 2.75) is 12.4 Å². The predicted octanol–water partition coefficient (Wildman–Crippen LogP) is 3.26. The first-order chi connectivity index (χ1) is 11.6. The number of methoxy groups -OCH3 is 1. The van der Waals surface area contributed by atoms with Gasteiger partial charge in [0, 0.05) is 11.6 Å². The molecule has 0 bridgehead atoms. The Balaban J connectivity index is 2.38. The summed E-state index contributed by atoms with van der Waals surface area (Å²) in [6.45, 7) is 0. The summed E-state index contributed by atoms with van der Waals surface area (Å²) in [5, 5.41) is 21.1. The monoisotopic (exact) mass is 358 g/mol. The molecule has 0 spiro atoms. The molecule has 2 aromatic rings. The molecule has 1 atom stereocenters. The Morgan fingerprint density at radius 3 is 2.32 bits per heavy atom. The number of nitro benzene ring substituents is 1. The van der Waals surface area contributed by atoms with Crippen molar-refractivity contribution in [3.63, 3.8) is 0 Å². The van der Waals surface area contributed by atoms with E-state index in [4.69, 9.17) is 10.5 Å². The first-order valence-corrected chi connectivity index (χ1v) is 6.79. The zero-order chi connectivity index (χ0) is 18.8. The normalized spacial score (nSPS) is 12.5. The van der Waals surface area contributed by atoms with Gasteiger partial charge in [0.2, 0.25) is 0 Å². The van der Waals surface area contributed by atoms with Crippen LogP contribution in [0.2, 0.25) is 0 Å². The Morgan fingerprint density at radius 2 is 1.84 bits per heavy atom. The lowest BCUT2D eigenvalue weighted by Crippen LogP contribution is -2.17. The van der Waals surface area contributed by atoms with E-state index < -0.39 is 28.8 Å². The molecule has 3 N–H and O–H groups in total. The van der Waals surface area contributed by atoms with Crippen LogP contribution in [0.15, 0.2) is 36.4 Å². The van der Waals surface area contributed by atoms with Crippen LogP contribution in [0.5, 0.6) is 17.2 Å². The number of nitrogens with zero attached hydrogens (tertiary/aromatic N) is 1. The van der Waals surface area contributed by atoms with Gasteiger partial charge in [0.15, 0.2) is 11.5 Å². The van der Waals surface area contributed by atoms with Crippen molar-refractivity contribution < 1.29 is 32.7 Å².